The van der Waals surface area contributed by atoms with Crippen molar-refractivity contribution < 1.29 is 0 Å². The molecule has 0 radical (unpaired) electrons. The molecular weight excluding hydrogens is 232 g/mol. The largest absolute Gasteiger partial charge is 0.383 e. The van der Waals surface area contributed by atoms with Crippen LogP contribution in [-0.2, 0) is 6.42 Å². The standard InChI is InChI=1S/C17H22N2/c1-19(2)17-13-7-6-12-16(17)18-14-8-11-15-9-4-3-5-10-15/h3-7,9-10,12-13,18H,8,11,14H2,1-2H3. The smallest absolute Gasteiger partial charge is 0.0596 e. The van der Waals surface area contributed by atoms with Crippen molar-refractivity contribution in [3.8, 4) is 0 Å². The number of aryl methyl sites for hydroxylation is 1. The molecule has 2 rings (SSSR count). The van der Waals surface area contributed by atoms with E-state index in [4.69, 9.17) is 0 Å². The van der Waals surface area contributed by atoms with E-state index >= 15 is 0 Å². The highest BCUT2D eigenvalue weighted by Gasteiger charge is 2.02. The first-order valence-corrected chi connectivity index (χ1v) is 6.81. The van der Waals surface area contributed by atoms with Crippen LogP contribution in [0.4, 0.5) is 11.4 Å². The highest BCUT2D eigenvalue weighted by Crippen LogP contribution is 2.23. The number of para-hydroxylation sites is 2. The number of nitrogens with zero attached hydrogens (tertiary/aromatic N) is 1. The highest BCUT2D eigenvalue weighted by molar-refractivity contribution is 5.69. The summed E-state index contributed by atoms with van der Waals surface area (Å²) in [6.45, 7) is 1.000. The van der Waals surface area contributed by atoms with Crippen LogP contribution in [0.3, 0.4) is 0 Å². The lowest BCUT2D eigenvalue weighted by molar-refractivity contribution is 0.862. The second-order valence-electron chi connectivity index (χ2n) is 4.93. The van der Waals surface area contributed by atoms with Crippen LogP contribution in [-0.4, -0.2) is 20.6 Å². The monoisotopic (exact) mass is 254 g/mol. The second-order valence-corrected chi connectivity index (χ2v) is 4.93. The van der Waals surface area contributed by atoms with Crippen molar-refractivity contribution in [1.82, 2.24) is 0 Å². The summed E-state index contributed by atoms with van der Waals surface area (Å²) in [5.74, 6) is 0. The van der Waals surface area contributed by atoms with Crippen molar-refractivity contribution in [2.45, 2.75) is 12.8 Å². The van der Waals surface area contributed by atoms with Crippen molar-refractivity contribution in [3.63, 3.8) is 0 Å². The van der Waals surface area contributed by atoms with E-state index in [1.807, 2.05) is 0 Å². The zero-order valence-corrected chi connectivity index (χ0v) is 11.8. The van der Waals surface area contributed by atoms with E-state index in [1.165, 1.54) is 16.9 Å². The molecule has 19 heavy (non-hydrogen) atoms. The minimum Gasteiger partial charge on any atom is -0.383 e. The van der Waals surface area contributed by atoms with Crippen molar-refractivity contribution in [2.24, 2.45) is 0 Å². The first-order valence-electron chi connectivity index (χ1n) is 6.81. The number of anilines is 2. The van der Waals surface area contributed by atoms with Crippen molar-refractivity contribution >= 4 is 11.4 Å². The molecule has 0 saturated heterocycles. The fourth-order valence-electron chi connectivity index (χ4n) is 2.17. The molecule has 0 saturated carbocycles. The van der Waals surface area contributed by atoms with Crippen LogP contribution < -0.4 is 10.2 Å². The lowest BCUT2D eigenvalue weighted by Gasteiger charge is -2.18. The Kier molecular flexibility index (Phi) is 4.85. The quantitative estimate of drug-likeness (QED) is 0.789. The van der Waals surface area contributed by atoms with Gasteiger partial charge in [-0.2, -0.15) is 0 Å². The van der Waals surface area contributed by atoms with Gasteiger partial charge in [0.15, 0.2) is 0 Å². The molecule has 0 bridgehead atoms. The summed E-state index contributed by atoms with van der Waals surface area (Å²) in [5.41, 5.74) is 3.85. The average molecular weight is 254 g/mol. The molecule has 2 aromatic rings. The lowest BCUT2D eigenvalue weighted by Crippen LogP contribution is -2.12. The van der Waals surface area contributed by atoms with Gasteiger partial charge in [-0.3, -0.25) is 0 Å². The predicted octanol–water partition coefficient (Wildman–Crippen LogP) is 3.80. The maximum Gasteiger partial charge on any atom is 0.0596 e. The van der Waals surface area contributed by atoms with Crippen molar-refractivity contribution in [3.05, 3.63) is 60.2 Å². The fraction of sp³-hybridized carbons (Fsp3) is 0.294. The van der Waals surface area contributed by atoms with Crippen LogP contribution in [0, 0.1) is 0 Å². The molecule has 0 aliphatic rings. The second kappa shape index (κ2) is 6.83. The predicted molar refractivity (Wildman–Crippen MR) is 84.0 cm³/mol. The van der Waals surface area contributed by atoms with Gasteiger partial charge in [-0.1, -0.05) is 42.5 Å². The Labute approximate surface area is 116 Å². The van der Waals surface area contributed by atoms with Crippen LogP contribution in [0.15, 0.2) is 54.6 Å². The van der Waals surface area contributed by atoms with Crippen LogP contribution >= 0.6 is 0 Å². The maximum absolute atomic E-state index is 3.52. The maximum atomic E-state index is 3.52. The minimum absolute atomic E-state index is 1.000. The third-order valence-corrected chi connectivity index (χ3v) is 3.19. The molecule has 0 aliphatic heterocycles. The number of nitrogens with one attached hydrogen (secondary N) is 1. The van der Waals surface area contributed by atoms with Gasteiger partial charge in [0.2, 0.25) is 0 Å². The molecule has 0 fully saturated rings. The zero-order valence-electron chi connectivity index (χ0n) is 11.8. The third kappa shape index (κ3) is 4.02. The molecule has 2 aromatic carbocycles. The molecular formula is C17H22N2. The van der Waals surface area contributed by atoms with E-state index in [0.717, 1.165) is 19.4 Å². The average Bonchev–Trinajstić information content (AvgIpc) is 2.45. The van der Waals surface area contributed by atoms with Crippen LogP contribution in [0.1, 0.15) is 12.0 Å². The zero-order chi connectivity index (χ0) is 13.5. The molecule has 100 valence electrons. The molecule has 0 heterocycles. The number of rotatable bonds is 6. The summed E-state index contributed by atoms with van der Waals surface area (Å²) in [6.07, 6.45) is 2.27. The molecule has 0 unspecified atom stereocenters. The van der Waals surface area contributed by atoms with Crippen LogP contribution in [0.2, 0.25) is 0 Å². The SMILES string of the molecule is CN(C)c1ccccc1NCCCc1ccccc1. The van der Waals surface area contributed by atoms with Gasteiger partial charge >= 0.3 is 0 Å². The van der Waals surface area contributed by atoms with Gasteiger partial charge in [0.1, 0.15) is 0 Å². The van der Waals surface area contributed by atoms with E-state index < -0.39 is 0 Å². The molecule has 0 spiro atoms. The summed E-state index contributed by atoms with van der Waals surface area (Å²) >= 11 is 0. The number of hydrogen-bond donors (Lipinski definition) is 1. The van der Waals surface area contributed by atoms with E-state index in [2.05, 4.69) is 78.9 Å². The molecule has 1 N–H and O–H groups in total. The van der Waals surface area contributed by atoms with E-state index in [-0.39, 0.29) is 0 Å². The summed E-state index contributed by atoms with van der Waals surface area (Å²) in [5, 5.41) is 3.52. The number of benzene rings is 2. The first-order chi connectivity index (χ1) is 9.27. The minimum atomic E-state index is 1.000. The van der Waals surface area contributed by atoms with Crippen molar-refractivity contribution in [2.75, 3.05) is 30.9 Å². The molecule has 2 nitrogen and oxygen atoms in total. The van der Waals surface area contributed by atoms with Gasteiger partial charge in [0, 0.05) is 20.6 Å². The highest BCUT2D eigenvalue weighted by atomic mass is 15.1. The van der Waals surface area contributed by atoms with Gasteiger partial charge in [0.05, 0.1) is 11.4 Å². The Balaban J connectivity index is 1.83. The van der Waals surface area contributed by atoms with Gasteiger partial charge in [0.25, 0.3) is 0 Å². The Morgan fingerprint density at radius 1 is 0.895 bits per heavy atom. The summed E-state index contributed by atoms with van der Waals surface area (Å²) in [6, 6.07) is 19.1. The van der Waals surface area contributed by atoms with Crippen LogP contribution in [0.5, 0.6) is 0 Å². The number of hydrogen-bond acceptors (Lipinski definition) is 2. The molecule has 0 atom stereocenters. The normalized spacial score (nSPS) is 10.2. The third-order valence-electron chi connectivity index (χ3n) is 3.19. The van der Waals surface area contributed by atoms with E-state index in [9.17, 15) is 0 Å². The molecule has 0 aliphatic carbocycles. The van der Waals surface area contributed by atoms with Gasteiger partial charge < -0.3 is 10.2 Å². The molecule has 0 amide bonds. The Bertz CT molecular complexity index is 492. The molecule has 0 aromatic heterocycles. The summed E-state index contributed by atoms with van der Waals surface area (Å²) in [4.78, 5) is 2.14. The van der Waals surface area contributed by atoms with Crippen molar-refractivity contribution in [1.29, 1.82) is 0 Å². The Morgan fingerprint density at radius 3 is 2.32 bits per heavy atom. The van der Waals surface area contributed by atoms with Crippen LogP contribution in [0.25, 0.3) is 0 Å². The van der Waals surface area contributed by atoms with Gasteiger partial charge in [-0.05, 0) is 30.5 Å². The topological polar surface area (TPSA) is 15.3 Å². The summed E-state index contributed by atoms with van der Waals surface area (Å²) < 4.78 is 0. The van der Waals surface area contributed by atoms with E-state index in [0.29, 0.717) is 0 Å². The Morgan fingerprint density at radius 2 is 1.58 bits per heavy atom. The fourth-order valence-corrected chi connectivity index (χ4v) is 2.17. The first kappa shape index (κ1) is 13.5. The summed E-state index contributed by atoms with van der Waals surface area (Å²) in [7, 11) is 4.15. The lowest BCUT2D eigenvalue weighted by atomic mass is 10.1. The van der Waals surface area contributed by atoms with E-state index in [1.54, 1.807) is 0 Å². The van der Waals surface area contributed by atoms with Gasteiger partial charge in [-0.15, -0.1) is 0 Å². The molecule has 2 heteroatoms. The Hall–Kier alpha value is -1.96. The van der Waals surface area contributed by atoms with Gasteiger partial charge in [-0.25, -0.2) is 0 Å².